The summed E-state index contributed by atoms with van der Waals surface area (Å²) < 4.78 is 5.85. The Morgan fingerprint density at radius 2 is 2.17 bits per heavy atom. The number of nitrogens with one attached hydrogen (secondary N) is 1. The van der Waals surface area contributed by atoms with Gasteiger partial charge in [0.1, 0.15) is 0 Å². The lowest BCUT2D eigenvalue weighted by atomic mass is 9.96. The van der Waals surface area contributed by atoms with E-state index in [-0.39, 0.29) is 17.0 Å². The summed E-state index contributed by atoms with van der Waals surface area (Å²) in [5.74, 6) is 0.977. The summed E-state index contributed by atoms with van der Waals surface area (Å²) in [6, 6.07) is 0. The first-order valence-corrected chi connectivity index (χ1v) is 7.58. The van der Waals surface area contributed by atoms with Crippen molar-refractivity contribution in [3.05, 3.63) is 0 Å². The number of carbonyl (C=O) groups is 1. The normalized spacial score (nSPS) is 28.9. The number of hydrogen-bond donors (Lipinski definition) is 1. The third-order valence-corrected chi connectivity index (χ3v) is 4.15. The molecule has 2 heterocycles. The lowest BCUT2D eigenvalue weighted by Crippen LogP contribution is -2.44. The van der Waals surface area contributed by atoms with E-state index in [4.69, 9.17) is 4.74 Å². The van der Waals surface area contributed by atoms with Gasteiger partial charge in [0, 0.05) is 24.2 Å². The van der Waals surface area contributed by atoms with Gasteiger partial charge in [-0.2, -0.15) is 0 Å². The largest absolute Gasteiger partial charge is 0.354 e. The zero-order chi connectivity index (χ0) is 13.2. The molecule has 2 rings (SSSR count). The van der Waals surface area contributed by atoms with Crippen molar-refractivity contribution in [1.82, 2.24) is 5.32 Å². The van der Waals surface area contributed by atoms with Gasteiger partial charge in [-0.1, -0.05) is 32.5 Å². The van der Waals surface area contributed by atoms with Crippen LogP contribution in [-0.2, 0) is 9.53 Å². The zero-order valence-electron chi connectivity index (χ0n) is 11.4. The third-order valence-electron chi connectivity index (χ3n) is 3.27. The van der Waals surface area contributed by atoms with Crippen molar-refractivity contribution in [2.24, 2.45) is 10.4 Å². The Labute approximate surface area is 113 Å². The molecule has 102 valence electrons. The van der Waals surface area contributed by atoms with Gasteiger partial charge in [0.05, 0.1) is 0 Å². The molecule has 0 aromatic rings. The summed E-state index contributed by atoms with van der Waals surface area (Å²) >= 11 is 1.61. The van der Waals surface area contributed by atoms with Crippen LogP contribution in [0.15, 0.2) is 4.99 Å². The zero-order valence-corrected chi connectivity index (χ0v) is 12.2. The number of aliphatic imine (C=N–C) groups is 1. The monoisotopic (exact) mass is 270 g/mol. The Morgan fingerprint density at radius 3 is 2.78 bits per heavy atom. The fourth-order valence-electron chi connectivity index (χ4n) is 2.05. The topological polar surface area (TPSA) is 50.7 Å². The maximum atomic E-state index is 12.0. The van der Waals surface area contributed by atoms with Crippen LogP contribution in [0.4, 0.5) is 0 Å². The lowest BCUT2D eigenvalue weighted by Gasteiger charge is -2.37. The second-order valence-corrected chi connectivity index (χ2v) is 7.05. The van der Waals surface area contributed by atoms with Gasteiger partial charge in [0.2, 0.25) is 5.91 Å². The first kappa shape index (κ1) is 13.9. The molecule has 0 saturated carbocycles. The third kappa shape index (κ3) is 3.26. The van der Waals surface area contributed by atoms with Crippen LogP contribution in [0.3, 0.4) is 0 Å². The maximum Gasteiger partial charge on any atom is 0.231 e. The number of thioether (sulfide) groups is 1. The molecule has 1 spiro atoms. The Bertz CT molecular complexity index is 354. The van der Waals surface area contributed by atoms with E-state index >= 15 is 0 Å². The number of hydrogen-bond acceptors (Lipinski definition) is 4. The van der Waals surface area contributed by atoms with Gasteiger partial charge in [-0.25, -0.2) is 4.99 Å². The Kier molecular flexibility index (Phi) is 4.02. The van der Waals surface area contributed by atoms with Crippen molar-refractivity contribution < 1.29 is 9.53 Å². The molecule has 1 saturated heterocycles. The predicted molar refractivity (Wildman–Crippen MR) is 74.6 cm³/mol. The summed E-state index contributed by atoms with van der Waals surface area (Å²) in [5, 5.41) is 3.65. The average molecular weight is 270 g/mol. The van der Waals surface area contributed by atoms with Gasteiger partial charge in [-0.3, -0.25) is 4.79 Å². The molecule has 0 bridgehead atoms. The first-order chi connectivity index (χ1) is 8.41. The molecule has 0 unspecified atom stereocenters. The standard InChI is InChI=1S/C13H22N2O2S/c1-12(2,3)10(16)14-11-15-13(7-9-18-11)6-4-5-8-17-13/h4-9H2,1-3H3,(H,14,15,16)/t13-/m1/s1. The second kappa shape index (κ2) is 5.21. The number of rotatable bonds is 0. The molecular formula is C13H22N2O2S. The molecule has 2 aliphatic rings. The van der Waals surface area contributed by atoms with E-state index in [1.165, 1.54) is 0 Å². The van der Waals surface area contributed by atoms with Gasteiger partial charge in [-0.15, -0.1) is 0 Å². The molecule has 0 radical (unpaired) electrons. The van der Waals surface area contributed by atoms with E-state index in [0.717, 1.165) is 43.2 Å². The van der Waals surface area contributed by atoms with E-state index in [1.807, 2.05) is 20.8 Å². The number of nitrogens with zero attached hydrogens (tertiary/aromatic N) is 1. The van der Waals surface area contributed by atoms with Crippen molar-refractivity contribution in [2.45, 2.75) is 52.2 Å². The van der Waals surface area contributed by atoms with Crippen LogP contribution in [0.1, 0.15) is 46.5 Å². The molecule has 1 fully saturated rings. The molecule has 5 heteroatoms. The van der Waals surface area contributed by atoms with Crippen LogP contribution in [0.25, 0.3) is 0 Å². The number of amidine groups is 1. The highest BCUT2D eigenvalue weighted by Crippen LogP contribution is 2.35. The second-order valence-electron chi connectivity index (χ2n) is 5.97. The number of carbonyl (C=O) groups excluding carboxylic acids is 1. The molecule has 1 amide bonds. The predicted octanol–water partition coefficient (Wildman–Crippen LogP) is 2.54. The minimum Gasteiger partial charge on any atom is -0.354 e. The fourth-order valence-corrected chi connectivity index (χ4v) is 3.06. The Balaban J connectivity index is 2.06. The van der Waals surface area contributed by atoms with Crippen LogP contribution in [0, 0.1) is 5.41 Å². The quantitative estimate of drug-likeness (QED) is 0.736. The van der Waals surface area contributed by atoms with Gasteiger partial charge in [0.25, 0.3) is 0 Å². The summed E-state index contributed by atoms with van der Waals surface area (Å²) in [7, 11) is 0. The minimum absolute atomic E-state index is 0.0154. The first-order valence-electron chi connectivity index (χ1n) is 6.59. The molecule has 1 N–H and O–H groups in total. The van der Waals surface area contributed by atoms with Crippen LogP contribution in [0.5, 0.6) is 0 Å². The van der Waals surface area contributed by atoms with E-state index in [2.05, 4.69) is 10.3 Å². The summed E-state index contributed by atoms with van der Waals surface area (Å²) in [6.45, 7) is 6.50. The van der Waals surface area contributed by atoms with Crippen LogP contribution >= 0.6 is 11.8 Å². The smallest absolute Gasteiger partial charge is 0.231 e. The van der Waals surface area contributed by atoms with E-state index in [1.54, 1.807) is 11.8 Å². The molecule has 0 aromatic carbocycles. The summed E-state index contributed by atoms with van der Waals surface area (Å²) in [4.78, 5) is 16.6. The SMILES string of the molecule is CC(C)(C)C(=O)NC1=N[C@@]2(CCCCO2)CCS1. The highest BCUT2D eigenvalue weighted by atomic mass is 32.2. The van der Waals surface area contributed by atoms with Gasteiger partial charge in [0.15, 0.2) is 10.9 Å². The Morgan fingerprint density at radius 1 is 1.39 bits per heavy atom. The van der Waals surface area contributed by atoms with Crippen molar-refractivity contribution in [3.63, 3.8) is 0 Å². The maximum absolute atomic E-state index is 12.0. The van der Waals surface area contributed by atoms with Gasteiger partial charge >= 0.3 is 0 Å². The van der Waals surface area contributed by atoms with E-state index in [9.17, 15) is 4.79 Å². The van der Waals surface area contributed by atoms with Gasteiger partial charge < -0.3 is 10.1 Å². The highest BCUT2D eigenvalue weighted by molar-refractivity contribution is 8.13. The number of amides is 1. The molecular weight excluding hydrogens is 248 g/mol. The highest BCUT2D eigenvalue weighted by Gasteiger charge is 2.36. The summed E-state index contributed by atoms with van der Waals surface area (Å²) in [6.07, 6.45) is 4.21. The number of ether oxygens (including phenoxy) is 1. The molecule has 18 heavy (non-hydrogen) atoms. The molecule has 2 aliphatic heterocycles. The van der Waals surface area contributed by atoms with Crippen LogP contribution in [0.2, 0.25) is 0 Å². The van der Waals surface area contributed by atoms with Crippen molar-refractivity contribution >= 4 is 22.8 Å². The minimum atomic E-state index is -0.388. The summed E-state index contributed by atoms with van der Waals surface area (Å²) in [5.41, 5.74) is -0.745. The molecule has 1 atom stereocenters. The van der Waals surface area contributed by atoms with Crippen LogP contribution < -0.4 is 5.32 Å². The van der Waals surface area contributed by atoms with Crippen molar-refractivity contribution in [2.75, 3.05) is 12.4 Å². The molecule has 4 nitrogen and oxygen atoms in total. The molecule has 0 aliphatic carbocycles. The van der Waals surface area contributed by atoms with Crippen molar-refractivity contribution in [1.29, 1.82) is 0 Å². The fraction of sp³-hybridized carbons (Fsp3) is 0.846. The van der Waals surface area contributed by atoms with Crippen molar-refractivity contribution in [3.8, 4) is 0 Å². The van der Waals surface area contributed by atoms with Gasteiger partial charge in [-0.05, 0) is 19.3 Å². The van der Waals surface area contributed by atoms with E-state index < -0.39 is 0 Å². The Hall–Kier alpha value is -0.550. The van der Waals surface area contributed by atoms with Crippen LogP contribution in [-0.4, -0.2) is 29.2 Å². The average Bonchev–Trinajstić information content (AvgIpc) is 2.28. The van der Waals surface area contributed by atoms with E-state index in [0.29, 0.717) is 0 Å². The molecule has 0 aromatic heterocycles. The lowest BCUT2D eigenvalue weighted by molar-refractivity contribution is -0.126.